The summed E-state index contributed by atoms with van der Waals surface area (Å²) in [4.78, 5) is 0. The second-order valence-corrected chi connectivity index (χ2v) is 8.23. The van der Waals surface area contributed by atoms with Gasteiger partial charge in [0, 0.05) is 45.9 Å². The SMILES string of the molecule is CCOCCOc1cc(-c2cc(OCCOCC)c3cc(C)ccc3c2O)c(O)c2ccccc12. The fourth-order valence-corrected chi connectivity index (χ4v) is 4.18. The standard InChI is InChI=1S/C29H32O6/c1-4-32-12-14-34-26-17-24(28(30)21-9-7-6-8-20(21)26)25-18-27(35-15-13-33-5-2)23-16-19(3)10-11-22(23)29(25)31/h6-11,16-18,30-31H,4-5,12-15H2,1-3H3. The lowest BCUT2D eigenvalue weighted by atomic mass is 9.94. The largest absolute Gasteiger partial charge is 0.507 e. The Hall–Kier alpha value is -3.48. The topological polar surface area (TPSA) is 77.4 Å². The van der Waals surface area contributed by atoms with E-state index in [2.05, 4.69) is 0 Å². The first kappa shape index (κ1) is 24.6. The van der Waals surface area contributed by atoms with Gasteiger partial charge in [0.1, 0.15) is 36.2 Å². The average Bonchev–Trinajstić information content (AvgIpc) is 2.87. The van der Waals surface area contributed by atoms with Gasteiger partial charge in [-0.15, -0.1) is 0 Å². The Morgan fingerprint density at radius 3 is 1.69 bits per heavy atom. The van der Waals surface area contributed by atoms with E-state index in [1.54, 1.807) is 12.1 Å². The summed E-state index contributed by atoms with van der Waals surface area (Å²) in [6, 6.07) is 16.8. The van der Waals surface area contributed by atoms with Crippen molar-refractivity contribution in [3.05, 3.63) is 60.2 Å². The van der Waals surface area contributed by atoms with E-state index in [0.29, 0.717) is 73.0 Å². The minimum atomic E-state index is 0.0692. The fourth-order valence-electron chi connectivity index (χ4n) is 4.18. The Labute approximate surface area is 205 Å². The van der Waals surface area contributed by atoms with Gasteiger partial charge in [-0.1, -0.05) is 42.0 Å². The van der Waals surface area contributed by atoms with Gasteiger partial charge >= 0.3 is 0 Å². The van der Waals surface area contributed by atoms with E-state index in [-0.39, 0.29) is 11.5 Å². The molecule has 0 aromatic heterocycles. The maximum atomic E-state index is 11.3. The molecule has 0 aliphatic carbocycles. The molecule has 184 valence electrons. The van der Waals surface area contributed by atoms with Crippen molar-refractivity contribution >= 4 is 21.5 Å². The van der Waals surface area contributed by atoms with E-state index in [1.807, 2.05) is 63.2 Å². The first-order valence-corrected chi connectivity index (χ1v) is 12.0. The molecule has 6 nitrogen and oxygen atoms in total. The van der Waals surface area contributed by atoms with Gasteiger partial charge in [-0.2, -0.15) is 0 Å². The maximum absolute atomic E-state index is 11.3. The molecule has 0 radical (unpaired) electrons. The lowest BCUT2D eigenvalue weighted by molar-refractivity contribution is 0.110. The highest BCUT2D eigenvalue weighted by Crippen LogP contribution is 2.48. The smallest absolute Gasteiger partial charge is 0.131 e. The monoisotopic (exact) mass is 476 g/mol. The van der Waals surface area contributed by atoms with Crippen LogP contribution in [0.2, 0.25) is 0 Å². The van der Waals surface area contributed by atoms with Crippen molar-refractivity contribution in [3.8, 4) is 34.1 Å². The van der Waals surface area contributed by atoms with Crippen LogP contribution < -0.4 is 9.47 Å². The number of rotatable bonds is 11. The predicted octanol–water partition coefficient (Wildman–Crippen LogP) is 6.21. The number of aryl methyl sites for hydroxylation is 1. The summed E-state index contributed by atoms with van der Waals surface area (Å²) < 4.78 is 23.0. The molecular formula is C29H32O6. The van der Waals surface area contributed by atoms with Crippen LogP contribution in [0.1, 0.15) is 19.4 Å². The molecule has 4 rings (SSSR count). The third-order valence-corrected chi connectivity index (χ3v) is 5.87. The summed E-state index contributed by atoms with van der Waals surface area (Å²) in [5.74, 6) is 1.36. The van der Waals surface area contributed by atoms with Gasteiger partial charge < -0.3 is 29.2 Å². The van der Waals surface area contributed by atoms with Gasteiger partial charge in [-0.05, 0) is 39.0 Å². The zero-order valence-corrected chi connectivity index (χ0v) is 20.5. The molecule has 0 unspecified atom stereocenters. The molecule has 0 bridgehead atoms. The molecule has 0 aliphatic rings. The van der Waals surface area contributed by atoms with Crippen LogP contribution in [0.15, 0.2) is 54.6 Å². The first-order valence-electron chi connectivity index (χ1n) is 12.0. The van der Waals surface area contributed by atoms with Crippen LogP contribution in [0.3, 0.4) is 0 Å². The Kier molecular flexibility index (Phi) is 7.95. The summed E-state index contributed by atoms with van der Waals surface area (Å²) in [5.41, 5.74) is 1.98. The third kappa shape index (κ3) is 5.29. The number of benzene rings is 4. The van der Waals surface area contributed by atoms with Gasteiger partial charge in [-0.3, -0.25) is 0 Å². The molecule has 0 saturated heterocycles. The normalized spacial score (nSPS) is 11.3. The van der Waals surface area contributed by atoms with E-state index in [9.17, 15) is 10.2 Å². The predicted molar refractivity (Wildman–Crippen MR) is 139 cm³/mol. The number of fused-ring (bicyclic) bond motifs is 2. The van der Waals surface area contributed by atoms with Crippen LogP contribution in [0.25, 0.3) is 32.7 Å². The van der Waals surface area contributed by atoms with Crippen molar-refractivity contribution in [2.75, 3.05) is 39.6 Å². The minimum absolute atomic E-state index is 0.0692. The minimum Gasteiger partial charge on any atom is -0.507 e. The van der Waals surface area contributed by atoms with Gasteiger partial charge in [0.2, 0.25) is 0 Å². The number of ether oxygens (including phenoxy) is 4. The Bertz CT molecular complexity index is 1310. The van der Waals surface area contributed by atoms with Gasteiger partial charge in [0.05, 0.1) is 13.2 Å². The number of aromatic hydroxyl groups is 2. The number of hydrogen-bond donors (Lipinski definition) is 2. The van der Waals surface area contributed by atoms with Crippen LogP contribution in [0.4, 0.5) is 0 Å². The molecule has 0 fully saturated rings. The van der Waals surface area contributed by atoms with Gasteiger partial charge in [0.25, 0.3) is 0 Å². The summed E-state index contributed by atoms with van der Waals surface area (Å²) in [5, 5.41) is 25.4. The molecule has 0 atom stereocenters. The highest BCUT2D eigenvalue weighted by molar-refractivity contribution is 6.04. The van der Waals surface area contributed by atoms with Crippen LogP contribution >= 0.6 is 0 Å². The van der Waals surface area contributed by atoms with Crippen molar-refractivity contribution < 1.29 is 29.2 Å². The average molecular weight is 477 g/mol. The molecule has 0 amide bonds. The molecule has 2 N–H and O–H groups in total. The van der Waals surface area contributed by atoms with Crippen LogP contribution in [0.5, 0.6) is 23.0 Å². The quantitative estimate of drug-likeness (QED) is 0.251. The molecule has 6 heteroatoms. The molecule has 35 heavy (non-hydrogen) atoms. The second kappa shape index (κ2) is 11.3. The summed E-state index contributed by atoms with van der Waals surface area (Å²) >= 11 is 0. The Balaban J connectivity index is 1.86. The van der Waals surface area contributed by atoms with Crippen molar-refractivity contribution in [1.29, 1.82) is 0 Å². The molecular weight excluding hydrogens is 444 g/mol. The Morgan fingerprint density at radius 2 is 1.11 bits per heavy atom. The lowest BCUT2D eigenvalue weighted by Crippen LogP contribution is -2.07. The Morgan fingerprint density at radius 1 is 0.600 bits per heavy atom. The zero-order valence-electron chi connectivity index (χ0n) is 20.5. The van der Waals surface area contributed by atoms with E-state index in [1.165, 1.54) is 0 Å². The van der Waals surface area contributed by atoms with E-state index >= 15 is 0 Å². The number of phenolic OH excluding ortho intramolecular Hbond substituents is 2. The van der Waals surface area contributed by atoms with Crippen molar-refractivity contribution in [1.82, 2.24) is 0 Å². The first-order chi connectivity index (χ1) is 17.0. The number of phenols is 2. The lowest BCUT2D eigenvalue weighted by Gasteiger charge is -2.18. The fraction of sp³-hybridized carbons (Fsp3) is 0.310. The van der Waals surface area contributed by atoms with Crippen molar-refractivity contribution in [2.24, 2.45) is 0 Å². The maximum Gasteiger partial charge on any atom is 0.131 e. The zero-order chi connectivity index (χ0) is 24.8. The molecule has 4 aromatic carbocycles. The molecule has 4 aromatic rings. The van der Waals surface area contributed by atoms with Crippen molar-refractivity contribution in [3.63, 3.8) is 0 Å². The highest BCUT2D eigenvalue weighted by Gasteiger charge is 2.20. The van der Waals surface area contributed by atoms with Crippen LogP contribution in [-0.2, 0) is 9.47 Å². The van der Waals surface area contributed by atoms with Crippen LogP contribution in [0, 0.1) is 6.92 Å². The van der Waals surface area contributed by atoms with E-state index < -0.39 is 0 Å². The van der Waals surface area contributed by atoms with E-state index in [4.69, 9.17) is 18.9 Å². The van der Waals surface area contributed by atoms with Gasteiger partial charge in [0.15, 0.2) is 0 Å². The van der Waals surface area contributed by atoms with E-state index in [0.717, 1.165) is 16.3 Å². The highest BCUT2D eigenvalue weighted by atomic mass is 16.5. The molecule has 0 heterocycles. The molecule has 0 aliphatic heterocycles. The second-order valence-electron chi connectivity index (χ2n) is 8.23. The van der Waals surface area contributed by atoms with Gasteiger partial charge in [-0.25, -0.2) is 0 Å². The molecule has 0 spiro atoms. The number of hydrogen-bond acceptors (Lipinski definition) is 6. The summed E-state index contributed by atoms with van der Waals surface area (Å²) in [6.45, 7) is 8.75. The summed E-state index contributed by atoms with van der Waals surface area (Å²) in [7, 11) is 0. The third-order valence-electron chi connectivity index (χ3n) is 5.87. The summed E-state index contributed by atoms with van der Waals surface area (Å²) in [6.07, 6.45) is 0. The molecule has 0 saturated carbocycles. The van der Waals surface area contributed by atoms with Crippen molar-refractivity contribution in [2.45, 2.75) is 20.8 Å². The van der Waals surface area contributed by atoms with Crippen LogP contribution in [-0.4, -0.2) is 49.9 Å².